The molecule has 15 nitrogen and oxygen atoms in total. The first-order valence-electron chi connectivity index (χ1n) is 12.7. The summed E-state index contributed by atoms with van der Waals surface area (Å²) in [7, 11) is 0. The highest BCUT2D eigenvalue weighted by Gasteiger charge is 2.53. The number of carboxylic acid groups (broad SMARTS) is 1. The Morgan fingerprint density at radius 1 is 1.19 bits per heavy atom. The zero-order chi connectivity index (χ0) is 30.1. The molecule has 3 amide bonds. The number of nitrogens with zero attached hydrogens (tertiary/aromatic N) is 4. The molecule has 1 saturated heterocycles. The van der Waals surface area contributed by atoms with Crippen molar-refractivity contribution in [3.05, 3.63) is 84.2 Å². The standard InChI is InChI=1S/C27H21N7O8S/c28-26-30-16(12-41-26)19(32-42-27(39)29-15-5-2-1-3-6-15)22(35)31-20-23(36)34-21(25(37)38)14(13-43-24(20)34)11-33-9-4-7-18-17(33)8-10-40-18/h1-10,12,20,24H,11,13H2,(H4-,28,29,30,31,35,37,38,39)/t20?,24-/m1/s1. The van der Waals surface area contributed by atoms with Gasteiger partial charge in [-0.15, -0.1) is 11.8 Å². The number of hydrogen-bond acceptors (Lipinski definition) is 12. The highest BCUT2D eigenvalue weighted by molar-refractivity contribution is 8.00. The molecule has 2 atom stereocenters. The van der Waals surface area contributed by atoms with Crippen LogP contribution in [0.1, 0.15) is 5.69 Å². The summed E-state index contributed by atoms with van der Waals surface area (Å²) in [6, 6.07) is 12.3. The number of benzene rings is 1. The van der Waals surface area contributed by atoms with Crippen LogP contribution in [0.5, 0.6) is 0 Å². The third kappa shape index (κ3) is 5.38. The predicted molar refractivity (Wildman–Crippen MR) is 147 cm³/mol. The molecule has 0 radical (unpaired) electrons. The number of nitrogens with two attached hydrogens (primary N) is 1. The van der Waals surface area contributed by atoms with E-state index in [0.29, 0.717) is 16.8 Å². The number of nitrogens with one attached hydrogen (secondary N) is 2. The number of carbonyl (C=O) groups is 4. The normalized spacial score (nSPS) is 18.2. The number of oxazole rings is 1. The Balaban J connectivity index is 1.19. The van der Waals surface area contributed by atoms with Crippen LogP contribution in [0.3, 0.4) is 0 Å². The number of amides is 3. The number of fused-ring (bicyclic) bond motifs is 2. The molecule has 6 rings (SSSR count). The molecule has 43 heavy (non-hydrogen) atoms. The van der Waals surface area contributed by atoms with Crippen molar-refractivity contribution >= 4 is 64.2 Å². The lowest BCUT2D eigenvalue weighted by Crippen LogP contribution is -2.71. The van der Waals surface area contributed by atoms with Crippen LogP contribution < -0.4 is 26.0 Å². The van der Waals surface area contributed by atoms with Crippen molar-refractivity contribution < 1.29 is 42.5 Å². The number of carbonyl (C=O) groups excluding carboxylic acids is 4. The number of oxime groups is 1. The number of nitrogen functional groups attached to an aromatic ring is 1. The van der Waals surface area contributed by atoms with Gasteiger partial charge >= 0.3 is 6.09 Å². The van der Waals surface area contributed by atoms with Gasteiger partial charge in [-0.25, -0.2) is 4.79 Å². The number of β-lactam (4-membered cyclic amide) rings is 1. The minimum absolute atomic E-state index is 0.162. The molecule has 0 bridgehead atoms. The molecular formula is C27H21N7O8S. The van der Waals surface area contributed by atoms with Crippen molar-refractivity contribution in [3.8, 4) is 0 Å². The Bertz CT molecular complexity index is 1820. The number of hydrogen-bond donors (Lipinski definition) is 3. The lowest BCUT2D eigenvalue weighted by atomic mass is 10.0. The van der Waals surface area contributed by atoms with E-state index < -0.39 is 41.0 Å². The number of carboxylic acids is 1. The van der Waals surface area contributed by atoms with Crippen molar-refractivity contribution in [2.45, 2.75) is 18.0 Å². The van der Waals surface area contributed by atoms with Crippen LogP contribution in [-0.4, -0.2) is 56.6 Å². The zero-order valence-corrected chi connectivity index (χ0v) is 22.8. The van der Waals surface area contributed by atoms with Gasteiger partial charge in [0.25, 0.3) is 23.3 Å². The van der Waals surface area contributed by atoms with Gasteiger partial charge in [0.2, 0.25) is 0 Å². The third-order valence-electron chi connectivity index (χ3n) is 6.60. The second kappa shape index (κ2) is 11.3. The second-order valence-electron chi connectivity index (χ2n) is 9.29. The summed E-state index contributed by atoms with van der Waals surface area (Å²) in [6.45, 7) is 0.174. The average molecular weight is 604 g/mol. The van der Waals surface area contributed by atoms with Crippen LogP contribution >= 0.6 is 11.8 Å². The maximum Gasteiger partial charge on any atom is 0.437 e. The minimum Gasteiger partial charge on any atom is -0.543 e. The lowest BCUT2D eigenvalue weighted by molar-refractivity contribution is -0.663. The highest BCUT2D eigenvalue weighted by atomic mass is 32.2. The summed E-state index contributed by atoms with van der Waals surface area (Å²) >= 11 is 1.27. The van der Waals surface area contributed by atoms with E-state index in [1.54, 1.807) is 54.7 Å². The van der Waals surface area contributed by atoms with Gasteiger partial charge in [-0.3, -0.25) is 24.6 Å². The van der Waals surface area contributed by atoms with E-state index >= 15 is 0 Å². The molecule has 1 aromatic carbocycles. The summed E-state index contributed by atoms with van der Waals surface area (Å²) in [5, 5.41) is 20.1. The van der Waals surface area contributed by atoms with E-state index in [0.717, 1.165) is 16.7 Å². The fraction of sp³-hybridized carbons (Fsp3) is 0.148. The quantitative estimate of drug-likeness (QED) is 0.0822. The molecule has 4 aromatic rings. The van der Waals surface area contributed by atoms with E-state index in [9.17, 15) is 24.3 Å². The Morgan fingerprint density at radius 2 is 2.00 bits per heavy atom. The van der Waals surface area contributed by atoms with E-state index in [1.165, 1.54) is 18.0 Å². The van der Waals surface area contributed by atoms with Gasteiger partial charge in [-0.2, -0.15) is 9.55 Å². The summed E-state index contributed by atoms with van der Waals surface area (Å²) in [4.78, 5) is 60.7. The Hall–Kier alpha value is -5.64. The van der Waals surface area contributed by atoms with Crippen molar-refractivity contribution in [1.82, 2.24) is 15.2 Å². The molecule has 1 unspecified atom stereocenters. The van der Waals surface area contributed by atoms with Crippen LogP contribution in [0.2, 0.25) is 0 Å². The predicted octanol–water partition coefficient (Wildman–Crippen LogP) is 0.347. The first kappa shape index (κ1) is 27.5. The number of aromatic nitrogens is 2. The molecule has 4 N–H and O–H groups in total. The van der Waals surface area contributed by atoms with Crippen molar-refractivity contribution in [3.63, 3.8) is 0 Å². The molecule has 5 heterocycles. The first-order chi connectivity index (χ1) is 20.8. The number of anilines is 2. The Morgan fingerprint density at radius 3 is 2.74 bits per heavy atom. The van der Waals surface area contributed by atoms with Gasteiger partial charge < -0.3 is 29.8 Å². The number of aliphatic carboxylic acids is 1. The van der Waals surface area contributed by atoms with E-state index in [2.05, 4.69) is 20.8 Å². The van der Waals surface area contributed by atoms with Gasteiger partial charge in [0, 0.05) is 29.1 Å². The molecule has 0 aliphatic carbocycles. The van der Waals surface area contributed by atoms with E-state index in [-0.39, 0.29) is 29.7 Å². The Kier molecular flexibility index (Phi) is 7.25. The van der Waals surface area contributed by atoms with Crippen molar-refractivity contribution in [2.75, 3.05) is 16.8 Å². The topological polar surface area (TPSA) is 209 Å². The average Bonchev–Trinajstić information content (AvgIpc) is 3.66. The lowest BCUT2D eigenvalue weighted by Gasteiger charge is -2.50. The van der Waals surface area contributed by atoms with Gasteiger partial charge in [0.15, 0.2) is 24.0 Å². The summed E-state index contributed by atoms with van der Waals surface area (Å²) in [6.07, 6.45) is 3.33. The number of pyridine rings is 1. The third-order valence-corrected chi connectivity index (χ3v) is 7.94. The largest absolute Gasteiger partial charge is 0.543 e. The molecule has 2 aliphatic heterocycles. The molecule has 3 aromatic heterocycles. The highest BCUT2D eigenvalue weighted by Crippen LogP contribution is 2.40. The van der Waals surface area contributed by atoms with Gasteiger partial charge in [0.1, 0.15) is 23.4 Å². The zero-order valence-electron chi connectivity index (χ0n) is 22.0. The second-order valence-corrected chi connectivity index (χ2v) is 10.4. The number of thioether (sulfide) groups is 1. The smallest absolute Gasteiger partial charge is 0.437 e. The number of furan rings is 1. The molecule has 1 fully saturated rings. The van der Waals surface area contributed by atoms with Gasteiger partial charge in [0.05, 0.1) is 17.9 Å². The monoisotopic (exact) mass is 603 g/mol. The van der Waals surface area contributed by atoms with Crippen molar-refractivity contribution in [2.24, 2.45) is 5.16 Å². The van der Waals surface area contributed by atoms with E-state index in [4.69, 9.17) is 19.4 Å². The first-order valence-corrected chi connectivity index (χ1v) is 13.7. The molecule has 0 saturated carbocycles. The molecular weight excluding hydrogens is 582 g/mol. The maximum absolute atomic E-state index is 13.3. The van der Waals surface area contributed by atoms with Gasteiger partial charge in [-0.05, 0) is 18.2 Å². The fourth-order valence-corrected chi connectivity index (χ4v) is 6.02. The molecule has 16 heteroatoms. The SMILES string of the molecule is Nc1nc(C(=NOC(=O)Nc2ccccc2)C(=O)NC2C(=O)N3C(C(=O)[O-])=C(C[n+]4cccc5occc54)CS[C@H]23)co1. The van der Waals surface area contributed by atoms with Crippen LogP contribution in [0.15, 0.2) is 92.5 Å². The number of rotatable bonds is 8. The number of para-hydroxylation sites is 1. The van der Waals surface area contributed by atoms with Gasteiger partial charge in [-0.1, -0.05) is 23.4 Å². The Labute approximate surface area is 246 Å². The summed E-state index contributed by atoms with van der Waals surface area (Å²) in [5.41, 5.74) is 6.86. The van der Waals surface area contributed by atoms with Crippen LogP contribution in [-0.2, 0) is 25.8 Å². The molecule has 218 valence electrons. The maximum atomic E-state index is 13.3. The van der Waals surface area contributed by atoms with Crippen LogP contribution in [0.4, 0.5) is 16.5 Å². The summed E-state index contributed by atoms with van der Waals surface area (Å²) < 4.78 is 12.2. The minimum atomic E-state index is -1.52. The summed E-state index contributed by atoms with van der Waals surface area (Å²) in [5.74, 6) is -2.88. The van der Waals surface area contributed by atoms with Crippen LogP contribution in [0.25, 0.3) is 11.1 Å². The molecule has 0 spiro atoms. The fourth-order valence-electron chi connectivity index (χ4n) is 4.69. The van der Waals surface area contributed by atoms with Crippen molar-refractivity contribution in [1.29, 1.82) is 0 Å². The van der Waals surface area contributed by atoms with Crippen LogP contribution in [0, 0.1) is 0 Å². The molecule has 2 aliphatic rings. The van der Waals surface area contributed by atoms with E-state index in [1.807, 2.05) is 4.57 Å².